The fourth-order valence-electron chi connectivity index (χ4n) is 9.72. The van der Waals surface area contributed by atoms with Crippen LogP contribution in [-0.2, 0) is 9.53 Å². The highest BCUT2D eigenvalue weighted by Gasteiger charge is 2.61. The Morgan fingerprint density at radius 1 is 1.08 bits per heavy atom. The molecule has 0 radical (unpaired) electrons. The number of aliphatic hydroxyl groups excluding tert-OH is 1. The minimum absolute atomic E-state index is 0.197. The molecule has 4 rings (SSSR count). The molecule has 0 aliphatic heterocycles. The van der Waals surface area contributed by atoms with Gasteiger partial charge in [-0.3, -0.25) is 4.79 Å². The van der Waals surface area contributed by atoms with E-state index in [2.05, 4.69) is 40.7 Å². The zero-order chi connectivity index (χ0) is 27.7. The van der Waals surface area contributed by atoms with Gasteiger partial charge in [-0.15, -0.1) is 0 Å². The molecule has 0 aromatic heterocycles. The predicted octanol–water partition coefficient (Wildman–Crippen LogP) is 6.37. The molecular formula is C33H58N2O3. The highest BCUT2D eigenvalue weighted by Crippen LogP contribution is 2.67. The number of ether oxygens (including phenoxy) is 1. The van der Waals surface area contributed by atoms with Gasteiger partial charge in [-0.05, 0) is 98.8 Å². The topological polar surface area (TPSA) is 98.6 Å². The van der Waals surface area contributed by atoms with Crippen molar-refractivity contribution in [3.05, 3.63) is 11.6 Å². The summed E-state index contributed by atoms with van der Waals surface area (Å²) in [5, 5.41) is 10.8. The third kappa shape index (κ3) is 5.77. The standard InChI is InChI=1S/C33H58N2O3/c1-21(2)9-8-10-22(3)26-14-15-27-25-13-12-23-19-24(36)20-30(38-31(37)29(35)11-6-7-18-34)33(23,5)28(25)16-17-32(26,27)4/h12,21-22,24-30,36H,6-11,13-20,34-35H2,1-5H3/t22-,24-,25+,26-,27+,28+,29+,30?,32-,33+/m1/s1. The quantitative estimate of drug-likeness (QED) is 0.164. The minimum atomic E-state index is -0.613. The molecule has 5 N–H and O–H groups in total. The summed E-state index contributed by atoms with van der Waals surface area (Å²) >= 11 is 0. The van der Waals surface area contributed by atoms with E-state index >= 15 is 0 Å². The van der Waals surface area contributed by atoms with Crippen molar-refractivity contribution in [1.29, 1.82) is 0 Å². The van der Waals surface area contributed by atoms with E-state index in [0.29, 0.717) is 43.1 Å². The van der Waals surface area contributed by atoms with Gasteiger partial charge >= 0.3 is 5.97 Å². The predicted molar refractivity (Wildman–Crippen MR) is 155 cm³/mol. The molecule has 0 amide bonds. The van der Waals surface area contributed by atoms with Crippen molar-refractivity contribution in [1.82, 2.24) is 0 Å². The lowest BCUT2D eigenvalue weighted by Crippen LogP contribution is -2.57. The highest BCUT2D eigenvalue weighted by molar-refractivity contribution is 5.75. The summed E-state index contributed by atoms with van der Waals surface area (Å²) in [6.07, 6.45) is 15.6. The molecule has 38 heavy (non-hydrogen) atoms. The summed E-state index contributed by atoms with van der Waals surface area (Å²) in [4.78, 5) is 13.1. The number of allylic oxidation sites excluding steroid dienone is 1. The molecule has 0 heterocycles. The Balaban J connectivity index is 1.50. The van der Waals surface area contributed by atoms with E-state index in [1.54, 1.807) is 0 Å². The van der Waals surface area contributed by atoms with Crippen LogP contribution in [0, 0.1) is 46.3 Å². The van der Waals surface area contributed by atoms with Gasteiger partial charge in [0.25, 0.3) is 0 Å². The first kappa shape index (κ1) is 30.1. The molecular weight excluding hydrogens is 472 g/mol. The van der Waals surface area contributed by atoms with E-state index in [4.69, 9.17) is 16.2 Å². The molecule has 5 nitrogen and oxygen atoms in total. The number of hydrogen-bond acceptors (Lipinski definition) is 5. The lowest BCUT2D eigenvalue weighted by Gasteiger charge is -2.60. The van der Waals surface area contributed by atoms with Gasteiger partial charge in [-0.2, -0.15) is 0 Å². The van der Waals surface area contributed by atoms with Crippen molar-refractivity contribution in [2.75, 3.05) is 6.54 Å². The maximum Gasteiger partial charge on any atom is 0.323 e. The third-order valence-corrected chi connectivity index (χ3v) is 11.9. The lowest BCUT2D eigenvalue weighted by atomic mass is 9.46. The molecule has 3 saturated carbocycles. The molecule has 0 aromatic rings. The fraction of sp³-hybridized carbons (Fsp3) is 0.909. The second kappa shape index (κ2) is 12.3. The number of unbranched alkanes of at least 4 members (excludes halogenated alkanes) is 1. The summed E-state index contributed by atoms with van der Waals surface area (Å²) in [7, 11) is 0. The molecule has 218 valence electrons. The van der Waals surface area contributed by atoms with E-state index in [0.717, 1.165) is 42.9 Å². The number of carbonyl (C=O) groups is 1. The van der Waals surface area contributed by atoms with Crippen LogP contribution >= 0.6 is 0 Å². The summed E-state index contributed by atoms with van der Waals surface area (Å²) in [6, 6.07) is -0.613. The highest BCUT2D eigenvalue weighted by atomic mass is 16.5. The molecule has 0 spiro atoms. The van der Waals surface area contributed by atoms with E-state index < -0.39 is 12.1 Å². The minimum Gasteiger partial charge on any atom is -0.460 e. The van der Waals surface area contributed by atoms with Gasteiger partial charge in [0.15, 0.2) is 0 Å². The molecule has 4 aliphatic carbocycles. The van der Waals surface area contributed by atoms with Gasteiger partial charge in [-0.1, -0.05) is 72.0 Å². The smallest absolute Gasteiger partial charge is 0.323 e. The number of aliphatic hydroxyl groups is 1. The van der Waals surface area contributed by atoms with Crippen molar-refractivity contribution in [2.24, 2.45) is 57.8 Å². The van der Waals surface area contributed by atoms with Crippen LogP contribution in [0.4, 0.5) is 0 Å². The monoisotopic (exact) mass is 530 g/mol. The van der Waals surface area contributed by atoms with Crippen molar-refractivity contribution in [3.8, 4) is 0 Å². The van der Waals surface area contributed by atoms with Gasteiger partial charge in [0.05, 0.1) is 6.10 Å². The van der Waals surface area contributed by atoms with Gasteiger partial charge < -0.3 is 21.3 Å². The Morgan fingerprint density at radius 2 is 1.84 bits per heavy atom. The fourth-order valence-corrected chi connectivity index (χ4v) is 9.72. The first-order valence-electron chi connectivity index (χ1n) is 16.1. The van der Waals surface area contributed by atoms with Crippen LogP contribution in [0.2, 0.25) is 0 Å². The van der Waals surface area contributed by atoms with Crippen molar-refractivity contribution in [2.45, 2.75) is 136 Å². The van der Waals surface area contributed by atoms with Gasteiger partial charge in [0, 0.05) is 11.8 Å². The first-order chi connectivity index (χ1) is 18.0. The van der Waals surface area contributed by atoms with E-state index in [1.807, 2.05) is 0 Å². The molecule has 0 bridgehead atoms. The molecule has 4 aliphatic rings. The van der Waals surface area contributed by atoms with Crippen molar-refractivity contribution < 1.29 is 14.6 Å². The van der Waals surface area contributed by atoms with Crippen molar-refractivity contribution in [3.63, 3.8) is 0 Å². The van der Waals surface area contributed by atoms with Gasteiger partial charge in [0.1, 0.15) is 12.1 Å². The lowest BCUT2D eigenvalue weighted by molar-refractivity contribution is -0.170. The maximum absolute atomic E-state index is 13.1. The Labute approximate surface area is 232 Å². The van der Waals surface area contributed by atoms with Crippen LogP contribution < -0.4 is 11.5 Å². The Kier molecular flexibility index (Phi) is 9.73. The molecule has 5 heteroatoms. The van der Waals surface area contributed by atoms with Gasteiger partial charge in [-0.25, -0.2) is 0 Å². The maximum atomic E-state index is 13.1. The van der Waals surface area contributed by atoms with Crippen LogP contribution in [0.5, 0.6) is 0 Å². The molecule has 10 atom stereocenters. The van der Waals surface area contributed by atoms with Crippen LogP contribution in [0.1, 0.15) is 118 Å². The number of fused-ring (bicyclic) bond motifs is 5. The van der Waals surface area contributed by atoms with Crippen LogP contribution in [0.15, 0.2) is 11.6 Å². The van der Waals surface area contributed by atoms with E-state index in [-0.39, 0.29) is 17.5 Å². The molecule has 0 aromatic carbocycles. The average molecular weight is 531 g/mol. The summed E-state index contributed by atoms with van der Waals surface area (Å²) < 4.78 is 6.24. The van der Waals surface area contributed by atoms with Crippen LogP contribution in [0.25, 0.3) is 0 Å². The molecule has 3 fully saturated rings. The summed E-state index contributed by atoms with van der Waals surface area (Å²) in [6.45, 7) is 12.8. The second-order valence-electron chi connectivity index (χ2n) is 14.6. The van der Waals surface area contributed by atoms with Crippen LogP contribution in [0.3, 0.4) is 0 Å². The Bertz CT molecular complexity index is 842. The Hall–Kier alpha value is -0.910. The first-order valence-corrected chi connectivity index (χ1v) is 16.1. The number of carbonyl (C=O) groups excluding carboxylic acids is 1. The molecule has 0 saturated heterocycles. The average Bonchev–Trinajstić information content (AvgIpc) is 3.22. The number of hydrogen-bond donors (Lipinski definition) is 3. The summed E-state index contributed by atoms with van der Waals surface area (Å²) in [5.74, 6) is 4.01. The SMILES string of the molecule is CC(C)CCC[C@@H](C)[C@H]1CC[C@H]2[C@@H]3CC=C4C[C@@H](O)CC(OC(=O)[C@@H](N)CCCCN)[C@]4(C)[C@H]3CC[C@]12C. The zero-order valence-corrected chi connectivity index (χ0v) is 25.1. The normalized spacial score (nSPS) is 40.1. The zero-order valence-electron chi connectivity index (χ0n) is 25.1. The summed E-state index contributed by atoms with van der Waals surface area (Å²) in [5.41, 5.74) is 13.4. The molecule has 1 unspecified atom stereocenters. The second-order valence-corrected chi connectivity index (χ2v) is 14.6. The number of nitrogens with two attached hydrogens (primary N) is 2. The van der Waals surface area contributed by atoms with Crippen LogP contribution in [-0.4, -0.2) is 35.9 Å². The largest absolute Gasteiger partial charge is 0.460 e. The number of rotatable bonds is 11. The number of esters is 1. The van der Waals surface area contributed by atoms with Gasteiger partial charge in [0.2, 0.25) is 0 Å². The van der Waals surface area contributed by atoms with E-state index in [9.17, 15) is 9.90 Å². The van der Waals surface area contributed by atoms with E-state index in [1.165, 1.54) is 50.5 Å². The van der Waals surface area contributed by atoms with Crippen molar-refractivity contribution >= 4 is 5.97 Å². The Morgan fingerprint density at radius 3 is 2.55 bits per heavy atom. The third-order valence-electron chi connectivity index (χ3n) is 11.9.